The average molecular weight is 380 g/mol. The fourth-order valence-electron chi connectivity index (χ4n) is 2.98. The maximum atomic E-state index is 12.4. The van der Waals surface area contributed by atoms with E-state index in [-0.39, 0.29) is 6.54 Å². The summed E-state index contributed by atoms with van der Waals surface area (Å²) in [6.45, 7) is 0.984. The number of halogens is 1. The van der Waals surface area contributed by atoms with Gasteiger partial charge in [0.05, 0.1) is 18.1 Å². The molecule has 0 heterocycles. The Labute approximate surface area is 154 Å². The molecule has 6 heteroatoms. The number of nitrogens with one attached hydrogen (secondary N) is 1. The van der Waals surface area contributed by atoms with Crippen molar-refractivity contribution in [2.45, 2.75) is 37.2 Å². The molecule has 0 amide bonds. The Bertz CT molecular complexity index is 819. The van der Waals surface area contributed by atoms with Gasteiger partial charge in [-0.3, -0.25) is 0 Å². The van der Waals surface area contributed by atoms with Crippen LogP contribution in [0.1, 0.15) is 29.5 Å². The van der Waals surface area contributed by atoms with Crippen LogP contribution in [-0.2, 0) is 34.2 Å². The van der Waals surface area contributed by atoms with E-state index in [4.69, 9.17) is 16.3 Å². The van der Waals surface area contributed by atoms with Crippen molar-refractivity contribution in [1.29, 1.82) is 0 Å². The summed E-state index contributed by atoms with van der Waals surface area (Å²) in [4.78, 5) is 0.339. The van der Waals surface area contributed by atoms with Crippen molar-refractivity contribution in [3.8, 4) is 0 Å². The molecule has 4 nitrogen and oxygen atoms in total. The molecule has 25 heavy (non-hydrogen) atoms. The van der Waals surface area contributed by atoms with Gasteiger partial charge < -0.3 is 4.74 Å². The van der Waals surface area contributed by atoms with Crippen LogP contribution < -0.4 is 4.72 Å². The van der Waals surface area contributed by atoms with E-state index >= 15 is 0 Å². The van der Waals surface area contributed by atoms with E-state index in [0.29, 0.717) is 23.1 Å². The molecule has 134 valence electrons. The highest BCUT2D eigenvalue weighted by Crippen LogP contribution is 2.24. The molecule has 0 saturated carbocycles. The molecule has 2 aromatic rings. The molecule has 0 aromatic heterocycles. The van der Waals surface area contributed by atoms with Gasteiger partial charge >= 0.3 is 0 Å². The summed E-state index contributed by atoms with van der Waals surface area (Å²) in [7, 11) is -3.49. The Morgan fingerprint density at radius 3 is 2.48 bits per heavy atom. The van der Waals surface area contributed by atoms with Crippen molar-refractivity contribution < 1.29 is 13.2 Å². The quantitative estimate of drug-likeness (QED) is 0.746. The highest BCUT2D eigenvalue weighted by molar-refractivity contribution is 7.89. The Morgan fingerprint density at radius 2 is 1.72 bits per heavy atom. The van der Waals surface area contributed by atoms with Crippen LogP contribution in [0.25, 0.3) is 0 Å². The van der Waals surface area contributed by atoms with E-state index in [1.807, 2.05) is 24.3 Å². The minimum atomic E-state index is -3.49. The zero-order valence-corrected chi connectivity index (χ0v) is 15.6. The zero-order valence-electron chi connectivity index (χ0n) is 14.0. The molecule has 0 spiro atoms. The largest absolute Gasteiger partial charge is 0.375 e. The van der Waals surface area contributed by atoms with E-state index < -0.39 is 10.0 Å². The van der Waals surface area contributed by atoms with Gasteiger partial charge in [-0.15, -0.1) is 0 Å². The second kappa shape index (κ2) is 8.32. The third-order valence-corrected chi connectivity index (χ3v) is 6.06. The molecule has 0 saturated heterocycles. The summed E-state index contributed by atoms with van der Waals surface area (Å²) < 4.78 is 32.9. The fourth-order valence-corrected chi connectivity index (χ4v) is 4.17. The number of rotatable bonds is 7. The summed E-state index contributed by atoms with van der Waals surface area (Å²) in [5.41, 5.74) is 3.44. The van der Waals surface area contributed by atoms with Crippen molar-refractivity contribution in [2.24, 2.45) is 0 Å². The second-order valence-corrected chi connectivity index (χ2v) is 8.42. The van der Waals surface area contributed by atoms with Crippen molar-refractivity contribution in [3.05, 3.63) is 64.2 Å². The van der Waals surface area contributed by atoms with Gasteiger partial charge in [0.2, 0.25) is 10.0 Å². The highest BCUT2D eigenvalue weighted by atomic mass is 35.5. The van der Waals surface area contributed by atoms with Crippen LogP contribution >= 0.6 is 11.6 Å². The van der Waals surface area contributed by atoms with E-state index in [0.717, 1.165) is 30.4 Å². The minimum Gasteiger partial charge on any atom is -0.375 e. The van der Waals surface area contributed by atoms with Gasteiger partial charge in [0.25, 0.3) is 0 Å². The first kappa shape index (κ1) is 18.4. The normalized spacial score (nSPS) is 14.3. The molecule has 3 rings (SSSR count). The van der Waals surface area contributed by atoms with E-state index in [1.54, 1.807) is 18.2 Å². The topological polar surface area (TPSA) is 55.4 Å². The van der Waals surface area contributed by atoms with Gasteiger partial charge in [-0.05, 0) is 66.6 Å². The van der Waals surface area contributed by atoms with Gasteiger partial charge in [-0.25, -0.2) is 13.1 Å². The van der Waals surface area contributed by atoms with Gasteiger partial charge in [0, 0.05) is 11.6 Å². The van der Waals surface area contributed by atoms with E-state index in [1.165, 1.54) is 12.0 Å². The SMILES string of the molecule is O=S(=O)(NCCOCc1ccc(Cl)cc1)c1ccc2c(c1)CCCC2. The van der Waals surface area contributed by atoms with Crippen molar-refractivity contribution in [2.75, 3.05) is 13.2 Å². The van der Waals surface area contributed by atoms with Crippen molar-refractivity contribution in [1.82, 2.24) is 4.72 Å². The summed E-state index contributed by atoms with van der Waals surface area (Å²) in [6.07, 6.45) is 4.31. The van der Waals surface area contributed by atoms with Crippen LogP contribution in [0.4, 0.5) is 0 Å². The summed E-state index contributed by atoms with van der Waals surface area (Å²) in [5.74, 6) is 0. The monoisotopic (exact) mass is 379 g/mol. The number of sulfonamides is 1. The van der Waals surface area contributed by atoms with Crippen LogP contribution in [0.3, 0.4) is 0 Å². The van der Waals surface area contributed by atoms with Crippen LogP contribution in [0.15, 0.2) is 47.4 Å². The van der Waals surface area contributed by atoms with Crippen LogP contribution in [0, 0.1) is 0 Å². The zero-order chi connectivity index (χ0) is 17.7. The van der Waals surface area contributed by atoms with Crippen molar-refractivity contribution in [3.63, 3.8) is 0 Å². The van der Waals surface area contributed by atoms with Gasteiger partial charge in [-0.2, -0.15) is 0 Å². The number of hydrogen-bond acceptors (Lipinski definition) is 3. The minimum absolute atomic E-state index is 0.243. The number of aryl methyl sites for hydroxylation is 2. The fraction of sp³-hybridized carbons (Fsp3) is 0.368. The molecule has 0 radical (unpaired) electrons. The summed E-state index contributed by atoms with van der Waals surface area (Å²) in [6, 6.07) is 12.8. The molecule has 0 atom stereocenters. The Kier molecular flexibility index (Phi) is 6.12. The number of ether oxygens (including phenoxy) is 1. The molecule has 2 aromatic carbocycles. The van der Waals surface area contributed by atoms with Gasteiger partial charge in [0.15, 0.2) is 0 Å². The lowest BCUT2D eigenvalue weighted by Crippen LogP contribution is -2.27. The molecule has 1 aliphatic carbocycles. The van der Waals surface area contributed by atoms with Gasteiger partial charge in [0.1, 0.15) is 0 Å². The highest BCUT2D eigenvalue weighted by Gasteiger charge is 2.17. The first-order valence-corrected chi connectivity index (χ1v) is 10.3. The Morgan fingerprint density at radius 1 is 1.00 bits per heavy atom. The first-order valence-electron chi connectivity index (χ1n) is 8.48. The predicted octanol–water partition coefficient (Wildman–Crippen LogP) is 3.71. The molecular formula is C19H22ClNO3S. The smallest absolute Gasteiger partial charge is 0.240 e. The van der Waals surface area contributed by atoms with Crippen LogP contribution in [-0.4, -0.2) is 21.6 Å². The standard InChI is InChI=1S/C19H22ClNO3S/c20-18-8-5-15(6-9-18)14-24-12-11-21-25(22,23)19-10-7-16-3-1-2-4-17(16)13-19/h5-10,13,21H,1-4,11-12,14H2. The Balaban J connectivity index is 1.49. The third-order valence-electron chi connectivity index (χ3n) is 4.35. The average Bonchev–Trinajstić information content (AvgIpc) is 2.62. The lowest BCUT2D eigenvalue weighted by molar-refractivity contribution is 0.126. The van der Waals surface area contributed by atoms with Gasteiger partial charge in [-0.1, -0.05) is 29.8 Å². The van der Waals surface area contributed by atoms with Crippen LogP contribution in [0.2, 0.25) is 5.02 Å². The number of hydrogen-bond donors (Lipinski definition) is 1. The maximum absolute atomic E-state index is 12.4. The molecular weight excluding hydrogens is 358 g/mol. The first-order chi connectivity index (χ1) is 12.0. The van der Waals surface area contributed by atoms with E-state index in [2.05, 4.69) is 4.72 Å². The molecule has 1 aliphatic rings. The summed E-state index contributed by atoms with van der Waals surface area (Å²) in [5, 5.41) is 0.682. The van der Waals surface area contributed by atoms with E-state index in [9.17, 15) is 8.42 Å². The number of benzene rings is 2. The van der Waals surface area contributed by atoms with Crippen molar-refractivity contribution >= 4 is 21.6 Å². The lowest BCUT2D eigenvalue weighted by Gasteiger charge is -2.16. The Hall–Kier alpha value is -1.40. The third kappa shape index (κ3) is 5.05. The second-order valence-electron chi connectivity index (χ2n) is 6.21. The molecule has 1 N–H and O–H groups in total. The predicted molar refractivity (Wildman–Crippen MR) is 99.4 cm³/mol. The molecule has 0 aliphatic heterocycles. The lowest BCUT2D eigenvalue weighted by atomic mass is 9.92. The number of fused-ring (bicyclic) bond motifs is 1. The molecule has 0 fully saturated rings. The van der Waals surface area contributed by atoms with Crippen LogP contribution in [0.5, 0.6) is 0 Å². The molecule has 0 bridgehead atoms. The molecule has 0 unspecified atom stereocenters. The summed E-state index contributed by atoms with van der Waals surface area (Å²) >= 11 is 5.83. The maximum Gasteiger partial charge on any atom is 0.240 e.